The van der Waals surface area contributed by atoms with E-state index in [-0.39, 0.29) is 12.1 Å². The number of aliphatic hydroxyl groups excluding tert-OH is 1. The van der Waals surface area contributed by atoms with E-state index in [0.717, 1.165) is 25.7 Å². The maximum atomic E-state index is 9.54. The molecule has 2 unspecified atom stereocenters. The van der Waals surface area contributed by atoms with Crippen LogP contribution in [0.15, 0.2) is 4.99 Å². The molecule has 4 heteroatoms. The summed E-state index contributed by atoms with van der Waals surface area (Å²) in [6, 6.07) is 0.0995. The first-order valence-electron chi connectivity index (χ1n) is 4.41. The van der Waals surface area contributed by atoms with Crippen LogP contribution < -0.4 is 11.1 Å². The van der Waals surface area contributed by atoms with Gasteiger partial charge in [-0.15, -0.1) is 0 Å². The molecule has 0 amide bonds. The number of nitrogens with two attached hydrogens (primary N) is 1. The molecule has 1 aliphatic rings. The fourth-order valence-electron chi connectivity index (χ4n) is 1.53. The molecule has 0 bridgehead atoms. The molecular weight excluding hydrogens is 154 g/mol. The fraction of sp³-hybridized carbons (Fsp3) is 0.875. The molecule has 0 aromatic rings. The quantitative estimate of drug-likeness (QED) is 0.379. The highest BCUT2D eigenvalue weighted by atomic mass is 16.3. The lowest BCUT2D eigenvalue weighted by atomic mass is 9.93. The molecule has 0 aromatic carbocycles. The topological polar surface area (TPSA) is 70.6 Å². The Morgan fingerprint density at radius 3 is 2.75 bits per heavy atom. The van der Waals surface area contributed by atoms with Crippen molar-refractivity contribution in [3.63, 3.8) is 0 Å². The summed E-state index contributed by atoms with van der Waals surface area (Å²) in [7, 11) is 1.64. The van der Waals surface area contributed by atoms with E-state index in [2.05, 4.69) is 10.3 Å². The van der Waals surface area contributed by atoms with Crippen molar-refractivity contribution in [1.29, 1.82) is 0 Å². The van der Waals surface area contributed by atoms with Crippen LogP contribution in [0, 0.1) is 0 Å². The molecule has 70 valence electrons. The lowest BCUT2D eigenvalue weighted by Crippen LogP contribution is -2.47. The molecule has 0 aliphatic heterocycles. The van der Waals surface area contributed by atoms with E-state index in [9.17, 15) is 5.11 Å². The zero-order valence-electron chi connectivity index (χ0n) is 7.45. The van der Waals surface area contributed by atoms with Crippen LogP contribution >= 0.6 is 0 Å². The monoisotopic (exact) mass is 171 g/mol. The lowest BCUT2D eigenvalue weighted by molar-refractivity contribution is 0.0996. The summed E-state index contributed by atoms with van der Waals surface area (Å²) < 4.78 is 0. The predicted molar refractivity (Wildman–Crippen MR) is 48.9 cm³/mol. The lowest BCUT2D eigenvalue weighted by Gasteiger charge is -2.28. The Morgan fingerprint density at radius 1 is 1.50 bits per heavy atom. The Labute approximate surface area is 72.9 Å². The number of rotatable bonds is 1. The number of guanidine groups is 1. The summed E-state index contributed by atoms with van der Waals surface area (Å²) in [6.07, 6.45) is 3.86. The summed E-state index contributed by atoms with van der Waals surface area (Å²) in [6.45, 7) is 0. The Bertz CT molecular complexity index is 170. The Morgan fingerprint density at radius 2 is 2.17 bits per heavy atom. The zero-order chi connectivity index (χ0) is 8.97. The molecule has 0 aromatic heterocycles. The van der Waals surface area contributed by atoms with E-state index in [0.29, 0.717) is 5.96 Å². The van der Waals surface area contributed by atoms with Gasteiger partial charge in [-0.25, -0.2) is 0 Å². The van der Waals surface area contributed by atoms with E-state index in [1.54, 1.807) is 7.05 Å². The van der Waals surface area contributed by atoms with Crippen molar-refractivity contribution in [1.82, 2.24) is 5.32 Å². The van der Waals surface area contributed by atoms with Crippen molar-refractivity contribution >= 4 is 5.96 Å². The third-order valence-corrected chi connectivity index (χ3v) is 2.30. The molecule has 4 nitrogen and oxygen atoms in total. The fourth-order valence-corrected chi connectivity index (χ4v) is 1.53. The summed E-state index contributed by atoms with van der Waals surface area (Å²) in [5.74, 6) is 0.418. The molecule has 0 saturated heterocycles. The predicted octanol–water partition coefficient (Wildman–Crippen LogP) is -0.176. The van der Waals surface area contributed by atoms with E-state index in [1.807, 2.05) is 0 Å². The van der Waals surface area contributed by atoms with Gasteiger partial charge in [-0.2, -0.15) is 0 Å². The average Bonchev–Trinajstić information content (AvgIpc) is 2.09. The van der Waals surface area contributed by atoms with E-state index >= 15 is 0 Å². The number of aliphatic imine (C=N–C) groups is 1. The van der Waals surface area contributed by atoms with Gasteiger partial charge in [-0.1, -0.05) is 12.8 Å². The Kier molecular flexibility index (Phi) is 3.34. The average molecular weight is 171 g/mol. The highest BCUT2D eigenvalue weighted by Crippen LogP contribution is 2.17. The highest BCUT2D eigenvalue weighted by Gasteiger charge is 2.22. The minimum Gasteiger partial charge on any atom is -0.391 e. The third-order valence-electron chi connectivity index (χ3n) is 2.30. The van der Waals surface area contributed by atoms with Crippen LogP contribution in [-0.4, -0.2) is 30.3 Å². The first-order valence-corrected chi connectivity index (χ1v) is 4.41. The molecular formula is C8H17N3O. The minimum absolute atomic E-state index is 0.0995. The van der Waals surface area contributed by atoms with Gasteiger partial charge >= 0.3 is 0 Å². The summed E-state index contributed by atoms with van der Waals surface area (Å²) in [4.78, 5) is 3.79. The van der Waals surface area contributed by atoms with Gasteiger partial charge in [-0.3, -0.25) is 4.99 Å². The van der Waals surface area contributed by atoms with Gasteiger partial charge in [-0.05, 0) is 12.8 Å². The van der Waals surface area contributed by atoms with Crippen LogP contribution in [-0.2, 0) is 0 Å². The molecule has 1 rings (SSSR count). The van der Waals surface area contributed by atoms with Crippen LogP contribution in [0.4, 0.5) is 0 Å². The van der Waals surface area contributed by atoms with Crippen LogP contribution in [0.5, 0.6) is 0 Å². The maximum absolute atomic E-state index is 9.54. The number of aliphatic hydroxyl groups is 1. The van der Waals surface area contributed by atoms with Crippen LogP contribution in [0.25, 0.3) is 0 Å². The minimum atomic E-state index is -0.265. The van der Waals surface area contributed by atoms with Gasteiger partial charge < -0.3 is 16.2 Å². The number of hydrogen-bond acceptors (Lipinski definition) is 2. The summed E-state index contributed by atoms with van der Waals surface area (Å²) in [5, 5.41) is 12.5. The van der Waals surface area contributed by atoms with Crippen molar-refractivity contribution < 1.29 is 5.11 Å². The van der Waals surface area contributed by atoms with Crippen molar-refractivity contribution in [2.45, 2.75) is 37.8 Å². The molecule has 0 heterocycles. The van der Waals surface area contributed by atoms with Gasteiger partial charge in [0, 0.05) is 7.05 Å². The molecule has 1 aliphatic carbocycles. The Hall–Kier alpha value is -0.770. The SMILES string of the molecule is CN=C(N)NC1CCCCC1O. The van der Waals surface area contributed by atoms with Gasteiger partial charge in [0.2, 0.25) is 0 Å². The van der Waals surface area contributed by atoms with Gasteiger partial charge in [0.15, 0.2) is 5.96 Å². The van der Waals surface area contributed by atoms with E-state index in [4.69, 9.17) is 5.73 Å². The number of nitrogens with one attached hydrogen (secondary N) is 1. The molecule has 0 radical (unpaired) electrons. The van der Waals surface area contributed by atoms with E-state index in [1.165, 1.54) is 0 Å². The van der Waals surface area contributed by atoms with Gasteiger partial charge in [0.1, 0.15) is 0 Å². The largest absolute Gasteiger partial charge is 0.391 e. The second kappa shape index (κ2) is 4.30. The van der Waals surface area contributed by atoms with E-state index < -0.39 is 0 Å². The number of nitrogens with zero attached hydrogens (tertiary/aromatic N) is 1. The van der Waals surface area contributed by atoms with Crippen LogP contribution in [0.1, 0.15) is 25.7 Å². The second-order valence-corrected chi connectivity index (χ2v) is 3.21. The van der Waals surface area contributed by atoms with Crippen LogP contribution in [0.3, 0.4) is 0 Å². The van der Waals surface area contributed by atoms with Crippen molar-refractivity contribution in [3.8, 4) is 0 Å². The summed E-state index contributed by atoms with van der Waals surface area (Å²) >= 11 is 0. The molecule has 1 saturated carbocycles. The third kappa shape index (κ3) is 2.37. The maximum Gasteiger partial charge on any atom is 0.188 e. The normalized spacial score (nSPS) is 31.7. The Balaban J connectivity index is 2.39. The van der Waals surface area contributed by atoms with Crippen molar-refractivity contribution in [2.75, 3.05) is 7.05 Å². The molecule has 0 spiro atoms. The first kappa shape index (κ1) is 9.32. The molecule has 2 atom stereocenters. The molecule has 4 N–H and O–H groups in total. The van der Waals surface area contributed by atoms with Gasteiger partial charge in [0.25, 0.3) is 0 Å². The molecule has 1 fully saturated rings. The zero-order valence-corrected chi connectivity index (χ0v) is 7.45. The second-order valence-electron chi connectivity index (χ2n) is 3.21. The number of hydrogen-bond donors (Lipinski definition) is 3. The van der Waals surface area contributed by atoms with Crippen molar-refractivity contribution in [2.24, 2.45) is 10.7 Å². The van der Waals surface area contributed by atoms with Gasteiger partial charge in [0.05, 0.1) is 12.1 Å². The summed E-state index contributed by atoms with van der Waals surface area (Å²) in [5.41, 5.74) is 5.49. The first-order chi connectivity index (χ1) is 5.74. The van der Waals surface area contributed by atoms with Crippen LogP contribution in [0.2, 0.25) is 0 Å². The molecule has 12 heavy (non-hydrogen) atoms. The highest BCUT2D eigenvalue weighted by molar-refractivity contribution is 5.78. The van der Waals surface area contributed by atoms with Crippen molar-refractivity contribution in [3.05, 3.63) is 0 Å². The standard InChI is InChI=1S/C8H17N3O/c1-10-8(9)11-6-4-2-3-5-7(6)12/h6-7,12H,2-5H2,1H3,(H3,9,10,11). The smallest absolute Gasteiger partial charge is 0.188 e.